The predicted molar refractivity (Wildman–Crippen MR) is 93.1 cm³/mol. The van der Waals surface area contributed by atoms with Crippen LogP contribution in [0.25, 0.3) is 22.5 Å². The van der Waals surface area contributed by atoms with Crippen LogP contribution >= 0.6 is 23.2 Å². The summed E-state index contributed by atoms with van der Waals surface area (Å²) in [5, 5.41) is 14.4. The molecule has 3 aromatic rings. The number of phenols is 1. The van der Waals surface area contributed by atoms with Crippen LogP contribution in [0.5, 0.6) is 11.5 Å². The van der Waals surface area contributed by atoms with E-state index in [2.05, 4.69) is 10.1 Å². The molecule has 7 heteroatoms. The SMILES string of the molecule is COc1cc(/C=C(\Cl)c2nc(-c3ccc(Cl)cc3)no2)ccc1O. The Kier molecular flexibility index (Phi) is 4.74. The average molecular weight is 363 g/mol. The number of ether oxygens (including phenoxy) is 1. The summed E-state index contributed by atoms with van der Waals surface area (Å²) in [5.41, 5.74) is 1.49. The molecule has 3 rings (SSSR count). The van der Waals surface area contributed by atoms with Crippen molar-refractivity contribution in [2.75, 3.05) is 7.11 Å². The Bertz CT molecular complexity index is 889. The van der Waals surface area contributed by atoms with Crippen LogP contribution in [0, 0.1) is 0 Å². The number of rotatable bonds is 4. The zero-order chi connectivity index (χ0) is 17.1. The molecule has 5 nitrogen and oxygen atoms in total. The van der Waals surface area contributed by atoms with E-state index in [1.165, 1.54) is 13.2 Å². The second-order valence-corrected chi connectivity index (χ2v) is 5.70. The summed E-state index contributed by atoms with van der Waals surface area (Å²) < 4.78 is 10.2. The minimum Gasteiger partial charge on any atom is -0.504 e. The molecule has 24 heavy (non-hydrogen) atoms. The van der Waals surface area contributed by atoms with E-state index < -0.39 is 0 Å². The van der Waals surface area contributed by atoms with E-state index in [1.54, 1.807) is 42.5 Å². The minimum absolute atomic E-state index is 0.0496. The maximum atomic E-state index is 9.61. The number of hydrogen-bond donors (Lipinski definition) is 1. The molecule has 0 unspecified atom stereocenters. The van der Waals surface area contributed by atoms with Crippen LogP contribution in [0.3, 0.4) is 0 Å². The van der Waals surface area contributed by atoms with Gasteiger partial charge in [0, 0.05) is 10.6 Å². The lowest BCUT2D eigenvalue weighted by Gasteiger charge is -2.03. The fourth-order valence-electron chi connectivity index (χ4n) is 2.03. The number of nitrogens with zero attached hydrogens (tertiary/aromatic N) is 2. The molecule has 2 aromatic carbocycles. The Morgan fingerprint density at radius 1 is 1.21 bits per heavy atom. The van der Waals surface area contributed by atoms with E-state index in [9.17, 15) is 5.11 Å². The lowest BCUT2D eigenvalue weighted by atomic mass is 10.2. The molecule has 1 aromatic heterocycles. The molecular weight excluding hydrogens is 351 g/mol. The van der Waals surface area contributed by atoms with Crippen molar-refractivity contribution in [1.82, 2.24) is 10.1 Å². The van der Waals surface area contributed by atoms with E-state index >= 15 is 0 Å². The van der Waals surface area contributed by atoms with Crippen molar-refractivity contribution in [3.8, 4) is 22.9 Å². The second kappa shape index (κ2) is 6.95. The minimum atomic E-state index is 0.0496. The molecule has 0 fully saturated rings. The molecule has 0 saturated carbocycles. The summed E-state index contributed by atoms with van der Waals surface area (Å²) in [6.45, 7) is 0. The van der Waals surface area contributed by atoms with Gasteiger partial charge in [0.2, 0.25) is 5.82 Å². The number of aromatic nitrogens is 2. The van der Waals surface area contributed by atoms with E-state index in [-0.39, 0.29) is 16.7 Å². The topological polar surface area (TPSA) is 68.4 Å². The smallest absolute Gasteiger partial charge is 0.269 e. The Hall–Kier alpha value is -2.50. The number of aromatic hydroxyl groups is 1. The molecule has 0 bridgehead atoms. The van der Waals surface area contributed by atoms with Gasteiger partial charge in [-0.05, 0) is 48.0 Å². The molecule has 0 aliphatic carbocycles. The second-order valence-electron chi connectivity index (χ2n) is 4.85. The van der Waals surface area contributed by atoms with E-state index in [0.29, 0.717) is 16.6 Å². The van der Waals surface area contributed by atoms with Crippen molar-refractivity contribution in [2.24, 2.45) is 0 Å². The predicted octanol–water partition coefficient (Wildman–Crippen LogP) is 4.84. The van der Waals surface area contributed by atoms with Gasteiger partial charge in [0.25, 0.3) is 5.89 Å². The molecule has 0 atom stereocenters. The third-order valence-electron chi connectivity index (χ3n) is 3.23. The van der Waals surface area contributed by atoms with Gasteiger partial charge in [-0.25, -0.2) is 0 Å². The van der Waals surface area contributed by atoms with Crippen LogP contribution in [-0.4, -0.2) is 22.4 Å². The van der Waals surface area contributed by atoms with Gasteiger partial charge in [-0.2, -0.15) is 4.98 Å². The van der Waals surface area contributed by atoms with Crippen LogP contribution in [0.15, 0.2) is 47.0 Å². The zero-order valence-electron chi connectivity index (χ0n) is 12.5. The lowest BCUT2D eigenvalue weighted by molar-refractivity contribution is 0.373. The van der Waals surface area contributed by atoms with Gasteiger partial charge in [0.15, 0.2) is 11.5 Å². The van der Waals surface area contributed by atoms with E-state index in [4.69, 9.17) is 32.5 Å². The summed E-state index contributed by atoms with van der Waals surface area (Å²) in [6, 6.07) is 11.9. The lowest BCUT2D eigenvalue weighted by Crippen LogP contribution is -1.85. The number of hydrogen-bond acceptors (Lipinski definition) is 5. The Morgan fingerprint density at radius 3 is 2.67 bits per heavy atom. The van der Waals surface area contributed by atoms with Gasteiger partial charge in [-0.15, -0.1) is 0 Å². The van der Waals surface area contributed by atoms with Crippen LogP contribution in [0.2, 0.25) is 5.02 Å². The van der Waals surface area contributed by atoms with Gasteiger partial charge in [-0.3, -0.25) is 0 Å². The molecular formula is C17H12Cl2N2O3. The Morgan fingerprint density at radius 2 is 1.96 bits per heavy atom. The van der Waals surface area contributed by atoms with E-state index in [1.807, 2.05) is 0 Å². The molecule has 0 spiro atoms. The van der Waals surface area contributed by atoms with Gasteiger partial charge in [-0.1, -0.05) is 34.4 Å². The van der Waals surface area contributed by atoms with Crippen molar-refractivity contribution in [1.29, 1.82) is 0 Å². The van der Waals surface area contributed by atoms with Crippen molar-refractivity contribution < 1.29 is 14.4 Å². The highest BCUT2D eigenvalue weighted by molar-refractivity contribution is 6.50. The third kappa shape index (κ3) is 3.53. The molecule has 1 heterocycles. The third-order valence-corrected chi connectivity index (χ3v) is 3.75. The first kappa shape index (κ1) is 16.4. The standard InChI is InChI=1S/C17H12Cl2N2O3/c1-23-15-9-10(2-7-14(15)22)8-13(19)17-20-16(21-24-17)11-3-5-12(18)6-4-11/h2-9,22H,1H3/b13-8-. The maximum Gasteiger partial charge on any atom is 0.269 e. The van der Waals surface area contributed by atoms with E-state index in [0.717, 1.165) is 11.1 Å². The average Bonchev–Trinajstić information content (AvgIpc) is 3.07. The fraction of sp³-hybridized carbons (Fsp3) is 0.0588. The van der Waals surface area contributed by atoms with Gasteiger partial charge < -0.3 is 14.4 Å². The van der Waals surface area contributed by atoms with Crippen LogP contribution < -0.4 is 4.74 Å². The highest BCUT2D eigenvalue weighted by Gasteiger charge is 2.12. The molecule has 1 N–H and O–H groups in total. The Labute approximate surface area is 148 Å². The number of benzene rings is 2. The maximum absolute atomic E-state index is 9.61. The molecule has 0 radical (unpaired) electrons. The quantitative estimate of drug-likeness (QED) is 0.718. The number of phenolic OH excluding ortho intramolecular Hbond substituents is 1. The van der Waals surface area contributed by atoms with Crippen LogP contribution in [-0.2, 0) is 0 Å². The summed E-state index contributed by atoms with van der Waals surface area (Å²) >= 11 is 12.1. The molecule has 0 aliphatic rings. The first-order valence-electron chi connectivity index (χ1n) is 6.91. The Balaban J connectivity index is 1.87. The number of halogens is 2. The highest BCUT2D eigenvalue weighted by atomic mass is 35.5. The summed E-state index contributed by atoms with van der Waals surface area (Å²) in [6.07, 6.45) is 1.64. The summed E-state index contributed by atoms with van der Waals surface area (Å²) in [7, 11) is 1.47. The van der Waals surface area contributed by atoms with Crippen molar-refractivity contribution in [3.63, 3.8) is 0 Å². The van der Waals surface area contributed by atoms with Crippen molar-refractivity contribution in [3.05, 3.63) is 58.9 Å². The monoisotopic (exact) mass is 362 g/mol. The van der Waals surface area contributed by atoms with Gasteiger partial charge in [0.05, 0.1) is 7.11 Å². The molecule has 0 amide bonds. The fourth-order valence-corrected chi connectivity index (χ4v) is 2.36. The van der Waals surface area contributed by atoms with Crippen LogP contribution in [0.1, 0.15) is 11.5 Å². The van der Waals surface area contributed by atoms with Crippen LogP contribution in [0.4, 0.5) is 0 Å². The molecule has 0 aliphatic heterocycles. The first-order valence-corrected chi connectivity index (χ1v) is 7.66. The molecule has 0 saturated heterocycles. The first-order chi connectivity index (χ1) is 11.6. The zero-order valence-corrected chi connectivity index (χ0v) is 14.0. The summed E-state index contributed by atoms with van der Waals surface area (Å²) in [4.78, 5) is 4.26. The normalized spacial score (nSPS) is 11.5. The molecule has 122 valence electrons. The highest BCUT2D eigenvalue weighted by Crippen LogP contribution is 2.29. The summed E-state index contributed by atoms with van der Waals surface area (Å²) in [5.74, 6) is 0.999. The van der Waals surface area contributed by atoms with Gasteiger partial charge >= 0.3 is 0 Å². The number of methoxy groups -OCH3 is 1. The van der Waals surface area contributed by atoms with Crippen molar-refractivity contribution >= 4 is 34.3 Å². The largest absolute Gasteiger partial charge is 0.504 e. The van der Waals surface area contributed by atoms with Gasteiger partial charge in [0.1, 0.15) is 5.03 Å². The van der Waals surface area contributed by atoms with Crippen molar-refractivity contribution in [2.45, 2.75) is 0 Å².